The van der Waals surface area contributed by atoms with Crippen molar-refractivity contribution in [2.45, 2.75) is 0 Å². The molecule has 3 aromatic rings. The first-order valence-corrected chi connectivity index (χ1v) is 8.04. The van der Waals surface area contributed by atoms with Gasteiger partial charge < -0.3 is 10.1 Å². The summed E-state index contributed by atoms with van der Waals surface area (Å²) in [5.41, 5.74) is 1.44. The number of hydrogen-bond acceptors (Lipinski definition) is 3. The number of esters is 1. The van der Waals surface area contributed by atoms with E-state index in [9.17, 15) is 18.4 Å². The third-order valence-corrected chi connectivity index (χ3v) is 3.96. The Balaban J connectivity index is 1.82. The molecule has 3 aromatic carbocycles. The quantitative estimate of drug-likeness (QED) is 0.682. The van der Waals surface area contributed by atoms with Crippen molar-refractivity contribution >= 4 is 17.6 Å². The van der Waals surface area contributed by atoms with Crippen molar-refractivity contribution in [3.8, 4) is 11.1 Å². The predicted molar refractivity (Wildman–Crippen MR) is 97.5 cm³/mol. The molecule has 4 nitrogen and oxygen atoms in total. The minimum Gasteiger partial charge on any atom is -0.465 e. The topological polar surface area (TPSA) is 55.4 Å². The number of methoxy groups -OCH3 is 1. The standard InChI is InChI=1S/C21H15F2NO3/c1-27-21(26)16-11-19(18(23)12-17(16)22)24-20(25)15-9-7-14(8-10-15)13-5-3-2-4-6-13/h2-12H,1H3,(H,24,25). The summed E-state index contributed by atoms with van der Waals surface area (Å²) in [4.78, 5) is 23.9. The fourth-order valence-electron chi connectivity index (χ4n) is 2.55. The zero-order chi connectivity index (χ0) is 19.4. The molecule has 27 heavy (non-hydrogen) atoms. The summed E-state index contributed by atoms with van der Waals surface area (Å²) in [5, 5.41) is 2.34. The minimum absolute atomic E-state index is 0.290. The first-order valence-electron chi connectivity index (χ1n) is 8.04. The first-order chi connectivity index (χ1) is 13.0. The average Bonchev–Trinajstić information content (AvgIpc) is 2.70. The first kappa shape index (κ1) is 18.3. The van der Waals surface area contributed by atoms with Crippen molar-refractivity contribution in [1.82, 2.24) is 0 Å². The van der Waals surface area contributed by atoms with E-state index in [0.29, 0.717) is 6.07 Å². The SMILES string of the molecule is COC(=O)c1cc(NC(=O)c2ccc(-c3ccccc3)cc2)c(F)cc1F. The molecule has 1 N–H and O–H groups in total. The van der Waals surface area contributed by atoms with Crippen LogP contribution in [0.4, 0.5) is 14.5 Å². The number of rotatable bonds is 4. The molecular weight excluding hydrogens is 352 g/mol. The Labute approximate surface area is 154 Å². The van der Waals surface area contributed by atoms with Gasteiger partial charge in [-0.2, -0.15) is 0 Å². The molecule has 0 heterocycles. The molecule has 0 saturated heterocycles. The van der Waals surface area contributed by atoms with Gasteiger partial charge in [0, 0.05) is 11.6 Å². The number of hydrogen-bond donors (Lipinski definition) is 1. The lowest BCUT2D eigenvalue weighted by Gasteiger charge is -2.10. The molecule has 0 spiro atoms. The van der Waals surface area contributed by atoms with Crippen LogP contribution < -0.4 is 5.32 Å². The molecule has 0 aliphatic rings. The van der Waals surface area contributed by atoms with E-state index >= 15 is 0 Å². The van der Waals surface area contributed by atoms with Crippen molar-refractivity contribution in [2.75, 3.05) is 12.4 Å². The number of halogens is 2. The maximum absolute atomic E-state index is 14.0. The Morgan fingerprint density at radius 3 is 2.11 bits per heavy atom. The Kier molecular flexibility index (Phi) is 5.26. The van der Waals surface area contributed by atoms with E-state index in [4.69, 9.17) is 0 Å². The van der Waals surface area contributed by atoms with Crippen LogP contribution in [0.1, 0.15) is 20.7 Å². The summed E-state index contributed by atoms with van der Waals surface area (Å²) < 4.78 is 32.1. The molecule has 6 heteroatoms. The lowest BCUT2D eigenvalue weighted by atomic mass is 10.0. The van der Waals surface area contributed by atoms with Crippen LogP contribution >= 0.6 is 0 Å². The molecular formula is C21H15F2NO3. The number of benzene rings is 3. The second-order valence-electron chi connectivity index (χ2n) is 5.70. The van der Waals surface area contributed by atoms with Crippen LogP contribution in [0, 0.1) is 11.6 Å². The fraction of sp³-hybridized carbons (Fsp3) is 0.0476. The molecule has 0 fully saturated rings. The van der Waals surface area contributed by atoms with E-state index in [2.05, 4.69) is 10.1 Å². The van der Waals surface area contributed by atoms with E-state index in [-0.39, 0.29) is 11.3 Å². The number of carbonyl (C=O) groups excluding carboxylic acids is 2. The molecule has 1 amide bonds. The van der Waals surface area contributed by atoms with Gasteiger partial charge in [-0.1, -0.05) is 42.5 Å². The number of carbonyl (C=O) groups is 2. The molecule has 136 valence electrons. The summed E-state index contributed by atoms with van der Waals surface area (Å²) in [6.07, 6.45) is 0. The summed E-state index contributed by atoms with van der Waals surface area (Å²) in [6.45, 7) is 0. The van der Waals surface area contributed by atoms with Crippen LogP contribution in [-0.4, -0.2) is 19.0 Å². The van der Waals surface area contributed by atoms with Crippen LogP contribution in [0.5, 0.6) is 0 Å². The molecule has 0 atom stereocenters. The zero-order valence-corrected chi connectivity index (χ0v) is 14.3. The van der Waals surface area contributed by atoms with Gasteiger partial charge in [0.15, 0.2) is 0 Å². The second kappa shape index (κ2) is 7.78. The van der Waals surface area contributed by atoms with Gasteiger partial charge in [0.25, 0.3) is 5.91 Å². The molecule has 3 rings (SSSR count). The third kappa shape index (κ3) is 4.00. The Bertz CT molecular complexity index is 986. The lowest BCUT2D eigenvalue weighted by molar-refractivity contribution is 0.0595. The lowest BCUT2D eigenvalue weighted by Crippen LogP contribution is -2.14. The van der Waals surface area contributed by atoms with Crippen molar-refractivity contribution in [3.05, 3.63) is 89.5 Å². The van der Waals surface area contributed by atoms with Gasteiger partial charge in [-0.05, 0) is 29.3 Å². The van der Waals surface area contributed by atoms with E-state index in [1.807, 2.05) is 30.3 Å². The highest BCUT2D eigenvalue weighted by molar-refractivity contribution is 6.05. The fourth-order valence-corrected chi connectivity index (χ4v) is 2.55. The normalized spacial score (nSPS) is 10.3. The van der Waals surface area contributed by atoms with Crippen molar-refractivity contribution in [2.24, 2.45) is 0 Å². The highest BCUT2D eigenvalue weighted by atomic mass is 19.1. The van der Waals surface area contributed by atoms with Crippen LogP contribution in [0.2, 0.25) is 0 Å². The third-order valence-electron chi connectivity index (χ3n) is 3.96. The van der Waals surface area contributed by atoms with E-state index in [1.54, 1.807) is 24.3 Å². The van der Waals surface area contributed by atoms with Crippen LogP contribution in [0.25, 0.3) is 11.1 Å². The monoisotopic (exact) mass is 367 g/mol. The van der Waals surface area contributed by atoms with Gasteiger partial charge in [-0.3, -0.25) is 4.79 Å². The van der Waals surface area contributed by atoms with Gasteiger partial charge in [0.05, 0.1) is 18.4 Å². The van der Waals surface area contributed by atoms with Crippen LogP contribution in [0.15, 0.2) is 66.7 Å². The molecule has 0 unspecified atom stereocenters. The minimum atomic E-state index is -1.07. The highest BCUT2D eigenvalue weighted by Gasteiger charge is 2.18. The number of amides is 1. The van der Waals surface area contributed by atoms with Gasteiger partial charge in [0.1, 0.15) is 11.6 Å². The average molecular weight is 367 g/mol. The summed E-state index contributed by atoms with van der Waals surface area (Å²) in [5.74, 6) is -3.61. The summed E-state index contributed by atoms with van der Waals surface area (Å²) in [6, 6.07) is 17.8. The van der Waals surface area contributed by atoms with Gasteiger partial charge in [-0.25, -0.2) is 13.6 Å². The van der Waals surface area contributed by atoms with Crippen molar-refractivity contribution in [1.29, 1.82) is 0 Å². The van der Waals surface area contributed by atoms with Crippen LogP contribution in [-0.2, 0) is 4.74 Å². The summed E-state index contributed by atoms with van der Waals surface area (Å²) in [7, 11) is 1.08. The number of nitrogens with one attached hydrogen (secondary N) is 1. The molecule has 0 radical (unpaired) electrons. The van der Waals surface area contributed by atoms with Gasteiger partial charge in [0.2, 0.25) is 0 Å². The Morgan fingerprint density at radius 2 is 1.48 bits per heavy atom. The maximum atomic E-state index is 14.0. The van der Waals surface area contributed by atoms with Crippen molar-refractivity contribution < 1.29 is 23.1 Å². The van der Waals surface area contributed by atoms with E-state index in [0.717, 1.165) is 24.3 Å². The van der Waals surface area contributed by atoms with Crippen molar-refractivity contribution in [3.63, 3.8) is 0 Å². The maximum Gasteiger partial charge on any atom is 0.340 e. The molecule has 0 aliphatic heterocycles. The smallest absolute Gasteiger partial charge is 0.340 e. The van der Waals surface area contributed by atoms with Crippen LogP contribution in [0.3, 0.4) is 0 Å². The highest BCUT2D eigenvalue weighted by Crippen LogP contribution is 2.22. The Morgan fingerprint density at radius 1 is 0.852 bits per heavy atom. The zero-order valence-electron chi connectivity index (χ0n) is 14.3. The second-order valence-corrected chi connectivity index (χ2v) is 5.70. The predicted octanol–water partition coefficient (Wildman–Crippen LogP) is 4.67. The summed E-state index contributed by atoms with van der Waals surface area (Å²) >= 11 is 0. The molecule has 0 aromatic heterocycles. The molecule has 0 aliphatic carbocycles. The molecule has 0 saturated carbocycles. The Hall–Kier alpha value is -3.54. The number of ether oxygens (including phenoxy) is 1. The van der Waals surface area contributed by atoms with E-state index < -0.39 is 29.1 Å². The van der Waals surface area contributed by atoms with Gasteiger partial charge >= 0.3 is 5.97 Å². The largest absolute Gasteiger partial charge is 0.465 e. The van der Waals surface area contributed by atoms with Gasteiger partial charge in [-0.15, -0.1) is 0 Å². The number of anilines is 1. The molecule has 0 bridgehead atoms. The van der Waals surface area contributed by atoms with E-state index in [1.165, 1.54) is 0 Å².